The molecule has 0 aromatic rings. The third-order valence-electron chi connectivity index (χ3n) is 0.790. The van der Waals surface area contributed by atoms with Gasteiger partial charge in [0.1, 0.15) is 6.10 Å². The standard InChI is InChI=1S/C6H12O3.Ca.2H/c1-3-4-9-6(8)5(2)7;;;/h5,7H,3-4H2,1-2H3;;;. The monoisotopic (exact) mass is 174 g/mol. The molecule has 0 saturated carbocycles. The number of aliphatic hydroxyl groups excluding tert-OH is 1. The fourth-order valence-corrected chi connectivity index (χ4v) is 0.323. The molecular formula is C6H14CaO3. The molecule has 0 aliphatic rings. The van der Waals surface area contributed by atoms with Crippen LogP contribution < -0.4 is 0 Å². The molecule has 1 atom stereocenters. The number of ether oxygens (including phenoxy) is 1. The summed E-state index contributed by atoms with van der Waals surface area (Å²) in [5.41, 5.74) is 0. The van der Waals surface area contributed by atoms with Crippen LogP contribution in [0.2, 0.25) is 0 Å². The van der Waals surface area contributed by atoms with Crippen LogP contribution in [0, 0.1) is 0 Å². The molecule has 0 aliphatic carbocycles. The zero-order valence-corrected chi connectivity index (χ0v) is 5.76. The SMILES string of the molecule is CCCOC(=O)C(C)O.[CaH2]. The molecule has 0 bridgehead atoms. The van der Waals surface area contributed by atoms with E-state index < -0.39 is 12.1 Å². The topological polar surface area (TPSA) is 46.5 Å². The molecule has 3 nitrogen and oxygen atoms in total. The van der Waals surface area contributed by atoms with Gasteiger partial charge in [0.15, 0.2) is 0 Å². The van der Waals surface area contributed by atoms with E-state index in [9.17, 15) is 4.79 Å². The first-order valence-electron chi connectivity index (χ1n) is 3.03. The van der Waals surface area contributed by atoms with Crippen LogP contribution in [0.15, 0.2) is 0 Å². The summed E-state index contributed by atoms with van der Waals surface area (Å²) in [4.78, 5) is 10.4. The van der Waals surface area contributed by atoms with Crippen molar-refractivity contribution in [2.24, 2.45) is 0 Å². The average Bonchev–Trinajstić information content (AvgIpc) is 1.82. The Morgan fingerprint density at radius 2 is 2.20 bits per heavy atom. The zero-order valence-electron chi connectivity index (χ0n) is 5.76. The number of carbonyl (C=O) groups is 1. The van der Waals surface area contributed by atoms with Crippen LogP contribution in [-0.2, 0) is 9.53 Å². The third-order valence-corrected chi connectivity index (χ3v) is 0.790. The first kappa shape index (κ1) is 13.3. The number of aliphatic hydroxyl groups is 1. The van der Waals surface area contributed by atoms with E-state index in [0.29, 0.717) is 6.61 Å². The van der Waals surface area contributed by atoms with Crippen molar-refractivity contribution >= 4 is 43.7 Å². The van der Waals surface area contributed by atoms with E-state index in [1.165, 1.54) is 6.92 Å². The van der Waals surface area contributed by atoms with E-state index in [1.54, 1.807) is 0 Å². The molecule has 10 heavy (non-hydrogen) atoms. The third kappa shape index (κ3) is 6.80. The Hall–Kier alpha value is 0.690. The number of carbonyl (C=O) groups excluding carboxylic acids is 1. The molecule has 0 amide bonds. The molecule has 0 rings (SSSR count). The summed E-state index contributed by atoms with van der Waals surface area (Å²) in [6.07, 6.45) is -0.199. The molecule has 58 valence electrons. The predicted octanol–water partition coefficient (Wildman–Crippen LogP) is -0.596. The average molecular weight is 174 g/mol. The molecular weight excluding hydrogens is 160 g/mol. The number of hydrogen-bond acceptors (Lipinski definition) is 3. The van der Waals surface area contributed by atoms with Gasteiger partial charge in [-0.2, -0.15) is 0 Å². The second-order valence-electron chi connectivity index (χ2n) is 1.84. The molecule has 0 aliphatic heterocycles. The van der Waals surface area contributed by atoms with Crippen LogP contribution in [0.5, 0.6) is 0 Å². The van der Waals surface area contributed by atoms with Gasteiger partial charge >= 0.3 is 43.7 Å². The Balaban J connectivity index is 0. The van der Waals surface area contributed by atoms with Crippen molar-refractivity contribution < 1.29 is 14.6 Å². The molecule has 0 spiro atoms. The minimum absolute atomic E-state index is 0. The van der Waals surface area contributed by atoms with Crippen LogP contribution in [0.3, 0.4) is 0 Å². The summed E-state index contributed by atoms with van der Waals surface area (Å²) in [5.74, 6) is -0.545. The number of hydrogen-bond donors (Lipinski definition) is 1. The Bertz CT molecular complexity index is 93.0. The van der Waals surface area contributed by atoms with E-state index in [4.69, 9.17) is 5.11 Å². The molecule has 0 radical (unpaired) electrons. The van der Waals surface area contributed by atoms with Crippen molar-refractivity contribution in [3.63, 3.8) is 0 Å². The van der Waals surface area contributed by atoms with Crippen LogP contribution in [0.25, 0.3) is 0 Å². The normalized spacial score (nSPS) is 11.5. The van der Waals surface area contributed by atoms with Gasteiger partial charge in [-0.05, 0) is 13.3 Å². The fraction of sp³-hybridized carbons (Fsp3) is 0.833. The molecule has 4 heteroatoms. The second kappa shape index (κ2) is 7.79. The summed E-state index contributed by atoms with van der Waals surface area (Å²) in [6.45, 7) is 3.68. The van der Waals surface area contributed by atoms with Crippen LogP contribution in [0.4, 0.5) is 0 Å². The van der Waals surface area contributed by atoms with E-state index in [0.717, 1.165) is 6.42 Å². The summed E-state index contributed by atoms with van der Waals surface area (Å²) in [6, 6.07) is 0. The zero-order chi connectivity index (χ0) is 7.28. The van der Waals surface area contributed by atoms with E-state index in [2.05, 4.69) is 4.74 Å². The minimum atomic E-state index is -0.989. The molecule has 0 fully saturated rings. The van der Waals surface area contributed by atoms with Crippen molar-refractivity contribution in [2.75, 3.05) is 6.61 Å². The molecule has 0 heterocycles. The van der Waals surface area contributed by atoms with Gasteiger partial charge < -0.3 is 9.84 Å². The van der Waals surface area contributed by atoms with Gasteiger partial charge in [-0.25, -0.2) is 4.79 Å². The molecule has 1 unspecified atom stereocenters. The van der Waals surface area contributed by atoms with Gasteiger partial charge in [-0.3, -0.25) is 0 Å². The molecule has 0 aromatic carbocycles. The summed E-state index contributed by atoms with van der Waals surface area (Å²) in [5, 5.41) is 8.57. The predicted molar refractivity (Wildman–Crippen MR) is 41.5 cm³/mol. The van der Waals surface area contributed by atoms with Gasteiger partial charge in [-0.1, -0.05) is 6.92 Å². The van der Waals surface area contributed by atoms with E-state index >= 15 is 0 Å². The number of esters is 1. The molecule has 1 N–H and O–H groups in total. The number of rotatable bonds is 3. The quantitative estimate of drug-likeness (QED) is 0.459. The fourth-order valence-electron chi connectivity index (χ4n) is 0.323. The first-order valence-corrected chi connectivity index (χ1v) is 3.03. The van der Waals surface area contributed by atoms with Crippen molar-refractivity contribution in [3.8, 4) is 0 Å². The van der Waals surface area contributed by atoms with Crippen molar-refractivity contribution in [3.05, 3.63) is 0 Å². The Morgan fingerprint density at radius 3 is 2.50 bits per heavy atom. The van der Waals surface area contributed by atoms with Gasteiger partial charge in [-0.15, -0.1) is 0 Å². The van der Waals surface area contributed by atoms with Gasteiger partial charge in [0, 0.05) is 0 Å². The Kier molecular flexibility index (Phi) is 10.4. The summed E-state index contributed by atoms with van der Waals surface area (Å²) in [7, 11) is 0. The van der Waals surface area contributed by atoms with Crippen LogP contribution in [-0.4, -0.2) is 61.5 Å². The van der Waals surface area contributed by atoms with Gasteiger partial charge in [0.05, 0.1) is 6.61 Å². The van der Waals surface area contributed by atoms with Crippen LogP contribution in [0.1, 0.15) is 20.3 Å². The first-order chi connectivity index (χ1) is 4.18. The van der Waals surface area contributed by atoms with Crippen molar-refractivity contribution in [2.45, 2.75) is 26.4 Å². The second-order valence-corrected chi connectivity index (χ2v) is 1.84. The molecule has 0 saturated heterocycles. The van der Waals surface area contributed by atoms with E-state index in [-0.39, 0.29) is 37.7 Å². The maximum absolute atomic E-state index is 10.4. The van der Waals surface area contributed by atoms with E-state index in [1.807, 2.05) is 6.92 Å². The van der Waals surface area contributed by atoms with Crippen molar-refractivity contribution in [1.82, 2.24) is 0 Å². The Morgan fingerprint density at radius 1 is 1.70 bits per heavy atom. The Labute approximate surface area is 90.7 Å². The maximum atomic E-state index is 10.4. The van der Waals surface area contributed by atoms with Gasteiger partial charge in [0.25, 0.3) is 0 Å². The molecule has 0 aromatic heterocycles. The summed E-state index contributed by atoms with van der Waals surface area (Å²) < 4.78 is 4.56. The van der Waals surface area contributed by atoms with Crippen molar-refractivity contribution in [1.29, 1.82) is 0 Å². The summed E-state index contributed by atoms with van der Waals surface area (Å²) >= 11 is 0. The van der Waals surface area contributed by atoms with Gasteiger partial charge in [0.2, 0.25) is 0 Å². The van der Waals surface area contributed by atoms with Crippen LogP contribution >= 0.6 is 0 Å².